The lowest BCUT2D eigenvalue weighted by molar-refractivity contribution is 0.0668. The summed E-state index contributed by atoms with van der Waals surface area (Å²) >= 11 is 7.67. The second kappa shape index (κ2) is 7.26. The summed E-state index contributed by atoms with van der Waals surface area (Å²) < 4.78 is 0. The average molecular weight is 363 g/mol. The van der Waals surface area contributed by atoms with Crippen LogP contribution in [-0.2, 0) is 0 Å². The van der Waals surface area contributed by atoms with Gasteiger partial charge in [0.25, 0.3) is 5.91 Å². The number of halogens is 1. The number of benzene rings is 1. The van der Waals surface area contributed by atoms with Crippen molar-refractivity contribution in [1.82, 2.24) is 9.80 Å². The zero-order valence-corrected chi connectivity index (χ0v) is 16.0. The SMILES string of the molecule is Cc1cc(C(=O)N2CCC(N(C)C)CC2)sc1-c1cccc(Cl)c1. The van der Waals surface area contributed by atoms with E-state index in [2.05, 4.69) is 25.9 Å². The molecule has 1 aromatic heterocycles. The molecule has 2 aromatic rings. The van der Waals surface area contributed by atoms with Gasteiger partial charge in [-0.2, -0.15) is 0 Å². The van der Waals surface area contributed by atoms with Gasteiger partial charge in [0.1, 0.15) is 0 Å². The monoisotopic (exact) mass is 362 g/mol. The van der Waals surface area contributed by atoms with E-state index in [0.29, 0.717) is 6.04 Å². The number of carbonyl (C=O) groups is 1. The molecule has 0 N–H and O–H groups in total. The first-order valence-corrected chi connectivity index (χ1v) is 9.47. The van der Waals surface area contributed by atoms with E-state index in [1.54, 1.807) is 11.3 Å². The van der Waals surface area contributed by atoms with Gasteiger partial charge in [0, 0.05) is 29.0 Å². The number of nitrogens with zero attached hydrogens (tertiary/aromatic N) is 2. The zero-order valence-electron chi connectivity index (χ0n) is 14.4. The van der Waals surface area contributed by atoms with Crippen molar-refractivity contribution in [3.8, 4) is 10.4 Å². The highest BCUT2D eigenvalue weighted by molar-refractivity contribution is 7.17. The van der Waals surface area contributed by atoms with Crippen LogP contribution in [0.3, 0.4) is 0 Å². The van der Waals surface area contributed by atoms with E-state index < -0.39 is 0 Å². The van der Waals surface area contributed by atoms with Crippen molar-refractivity contribution in [2.24, 2.45) is 0 Å². The molecule has 0 bridgehead atoms. The van der Waals surface area contributed by atoms with Crippen LogP contribution in [0.15, 0.2) is 30.3 Å². The number of carbonyl (C=O) groups excluding carboxylic acids is 1. The van der Waals surface area contributed by atoms with Gasteiger partial charge in [0.05, 0.1) is 4.88 Å². The molecule has 1 aromatic carbocycles. The smallest absolute Gasteiger partial charge is 0.263 e. The van der Waals surface area contributed by atoms with Crippen LogP contribution in [0.2, 0.25) is 5.02 Å². The Balaban J connectivity index is 1.76. The van der Waals surface area contributed by atoms with Gasteiger partial charge in [0.15, 0.2) is 0 Å². The molecular formula is C19H23ClN2OS. The summed E-state index contributed by atoms with van der Waals surface area (Å²) in [6.45, 7) is 3.73. The quantitative estimate of drug-likeness (QED) is 0.800. The van der Waals surface area contributed by atoms with E-state index in [1.165, 1.54) is 0 Å². The minimum atomic E-state index is 0.161. The molecule has 0 aliphatic carbocycles. The second-order valence-corrected chi connectivity index (χ2v) is 8.11. The second-order valence-electron chi connectivity index (χ2n) is 6.62. The van der Waals surface area contributed by atoms with Gasteiger partial charge < -0.3 is 9.80 Å². The number of thiophene rings is 1. The molecule has 1 saturated heterocycles. The minimum absolute atomic E-state index is 0.161. The molecule has 1 amide bonds. The average Bonchev–Trinajstić information content (AvgIpc) is 2.96. The minimum Gasteiger partial charge on any atom is -0.338 e. The molecule has 0 saturated carbocycles. The van der Waals surface area contributed by atoms with Gasteiger partial charge in [-0.25, -0.2) is 0 Å². The van der Waals surface area contributed by atoms with Crippen LogP contribution in [0.4, 0.5) is 0 Å². The Kier molecular flexibility index (Phi) is 5.28. The fourth-order valence-electron chi connectivity index (χ4n) is 3.24. The van der Waals surface area contributed by atoms with Gasteiger partial charge in [-0.15, -0.1) is 11.3 Å². The van der Waals surface area contributed by atoms with E-state index in [0.717, 1.165) is 51.8 Å². The van der Waals surface area contributed by atoms with Crippen molar-refractivity contribution in [1.29, 1.82) is 0 Å². The fraction of sp³-hybridized carbons (Fsp3) is 0.421. The Morgan fingerprint density at radius 3 is 2.58 bits per heavy atom. The molecule has 1 aliphatic heterocycles. The Hall–Kier alpha value is -1.36. The standard InChI is InChI=1S/C19H23ClN2OS/c1-13-11-17(24-18(13)14-5-4-6-15(20)12-14)19(23)22-9-7-16(8-10-22)21(2)3/h4-6,11-12,16H,7-10H2,1-3H3. The van der Waals surface area contributed by atoms with Crippen molar-refractivity contribution < 1.29 is 4.79 Å². The first kappa shape index (κ1) is 17.5. The van der Waals surface area contributed by atoms with E-state index in [4.69, 9.17) is 11.6 Å². The predicted molar refractivity (Wildman–Crippen MR) is 102 cm³/mol. The van der Waals surface area contributed by atoms with Crippen LogP contribution < -0.4 is 0 Å². The third kappa shape index (κ3) is 3.66. The highest BCUT2D eigenvalue weighted by atomic mass is 35.5. The van der Waals surface area contributed by atoms with Gasteiger partial charge >= 0.3 is 0 Å². The van der Waals surface area contributed by atoms with Crippen LogP contribution in [-0.4, -0.2) is 48.9 Å². The topological polar surface area (TPSA) is 23.6 Å². The molecular weight excluding hydrogens is 340 g/mol. The van der Waals surface area contributed by atoms with Crippen molar-refractivity contribution in [3.63, 3.8) is 0 Å². The maximum atomic E-state index is 12.8. The van der Waals surface area contributed by atoms with Gasteiger partial charge in [-0.1, -0.05) is 23.7 Å². The molecule has 3 nitrogen and oxygen atoms in total. The summed E-state index contributed by atoms with van der Waals surface area (Å²) in [6, 6.07) is 10.4. The van der Waals surface area contributed by atoms with Gasteiger partial charge in [-0.05, 0) is 63.2 Å². The number of rotatable bonds is 3. The highest BCUT2D eigenvalue weighted by Gasteiger charge is 2.26. The van der Waals surface area contributed by atoms with Crippen LogP contribution in [0.1, 0.15) is 28.1 Å². The number of amides is 1. The zero-order chi connectivity index (χ0) is 17.3. The third-order valence-electron chi connectivity index (χ3n) is 4.70. The van der Waals surface area contributed by atoms with Crippen LogP contribution in [0, 0.1) is 6.92 Å². The molecule has 24 heavy (non-hydrogen) atoms. The first-order chi connectivity index (χ1) is 11.5. The van der Waals surface area contributed by atoms with Crippen LogP contribution in [0.25, 0.3) is 10.4 Å². The highest BCUT2D eigenvalue weighted by Crippen LogP contribution is 2.34. The van der Waals surface area contributed by atoms with Crippen LogP contribution in [0.5, 0.6) is 0 Å². The molecule has 0 atom stereocenters. The summed E-state index contributed by atoms with van der Waals surface area (Å²) in [7, 11) is 4.23. The number of hydrogen-bond donors (Lipinski definition) is 0. The lowest BCUT2D eigenvalue weighted by Crippen LogP contribution is -2.44. The van der Waals surface area contributed by atoms with Crippen molar-refractivity contribution >= 4 is 28.8 Å². The van der Waals surface area contributed by atoms with Gasteiger partial charge in [-0.3, -0.25) is 4.79 Å². The van der Waals surface area contributed by atoms with E-state index >= 15 is 0 Å². The number of piperidine rings is 1. The molecule has 3 rings (SSSR count). The van der Waals surface area contributed by atoms with E-state index in [1.807, 2.05) is 35.2 Å². The molecule has 1 aliphatic rings. The van der Waals surface area contributed by atoms with E-state index in [-0.39, 0.29) is 5.91 Å². The summed E-state index contributed by atoms with van der Waals surface area (Å²) in [6.07, 6.45) is 2.09. The summed E-state index contributed by atoms with van der Waals surface area (Å²) in [5, 5.41) is 0.721. The maximum absolute atomic E-state index is 12.8. The summed E-state index contributed by atoms with van der Waals surface area (Å²) in [4.78, 5) is 19.0. The Morgan fingerprint density at radius 1 is 1.25 bits per heavy atom. The number of likely N-dealkylation sites (tertiary alicyclic amines) is 1. The van der Waals surface area contributed by atoms with Crippen molar-refractivity contribution in [2.45, 2.75) is 25.8 Å². The van der Waals surface area contributed by atoms with Crippen molar-refractivity contribution in [3.05, 3.63) is 45.8 Å². The number of hydrogen-bond acceptors (Lipinski definition) is 3. The van der Waals surface area contributed by atoms with E-state index in [9.17, 15) is 4.79 Å². The normalized spacial score (nSPS) is 16.0. The van der Waals surface area contributed by atoms with Crippen molar-refractivity contribution in [2.75, 3.05) is 27.2 Å². The lowest BCUT2D eigenvalue weighted by Gasteiger charge is -2.35. The molecule has 2 heterocycles. The molecule has 5 heteroatoms. The number of aryl methyl sites for hydroxylation is 1. The Labute approximate surface area is 152 Å². The fourth-order valence-corrected chi connectivity index (χ4v) is 4.57. The molecule has 1 fully saturated rings. The largest absolute Gasteiger partial charge is 0.338 e. The third-order valence-corrected chi connectivity index (χ3v) is 6.21. The molecule has 0 spiro atoms. The lowest BCUT2D eigenvalue weighted by atomic mass is 10.0. The molecule has 0 radical (unpaired) electrons. The summed E-state index contributed by atoms with van der Waals surface area (Å²) in [5.74, 6) is 0.161. The van der Waals surface area contributed by atoms with Crippen LogP contribution >= 0.6 is 22.9 Å². The maximum Gasteiger partial charge on any atom is 0.263 e. The predicted octanol–water partition coefficient (Wildman–Crippen LogP) is 4.54. The Bertz CT molecular complexity index is 733. The molecule has 128 valence electrons. The summed E-state index contributed by atoms with van der Waals surface area (Å²) in [5.41, 5.74) is 2.21. The molecule has 0 unspecified atom stereocenters. The van der Waals surface area contributed by atoms with Gasteiger partial charge in [0.2, 0.25) is 0 Å². The Morgan fingerprint density at radius 2 is 1.96 bits per heavy atom. The first-order valence-electron chi connectivity index (χ1n) is 8.28.